The minimum atomic E-state index is -0.479. The van der Waals surface area contributed by atoms with Crippen LogP contribution in [0.5, 0.6) is 0 Å². The maximum absolute atomic E-state index is 13.4. The van der Waals surface area contributed by atoms with Crippen molar-refractivity contribution < 1.29 is 23.9 Å². The summed E-state index contributed by atoms with van der Waals surface area (Å²) in [4.78, 5) is 40.2. The van der Waals surface area contributed by atoms with Crippen molar-refractivity contribution >= 4 is 41.0 Å². The fraction of sp³-hybridized carbons (Fsp3) is 0.207. The molecule has 37 heavy (non-hydrogen) atoms. The Kier molecular flexibility index (Phi) is 8.64. The molecule has 2 aromatic carbocycles. The predicted molar refractivity (Wildman–Crippen MR) is 145 cm³/mol. The summed E-state index contributed by atoms with van der Waals surface area (Å²) in [5.74, 6) is -0.431. The van der Waals surface area contributed by atoms with E-state index in [4.69, 9.17) is 9.47 Å². The van der Waals surface area contributed by atoms with E-state index in [-0.39, 0.29) is 12.4 Å². The Balaban J connectivity index is 1.77. The van der Waals surface area contributed by atoms with Crippen molar-refractivity contribution in [2.75, 3.05) is 24.7 Å². The van der Waals surface area contributed by atoms with Crippen LogP contribution in [0.25, 0.3) is 5.70 Å². The minimum Gasteiger partial charge on any atom is -0.463 e. The van der Waals surface area contributed by atoms with Crippen LogP contribution in [0.15, 0.2) is 83.6 Å². The van der Waals surface area contributed by atoms with Crippen molar-refractivity contribution in [1.82, 2.24) is 4.57 Å². The monoisotopic (exact) mass is 516 g/mol. The predicted octanol–water partition coefficient (Wildman–Crippen LogP) is 5.52. The molecule has 8 heteroatoms. The van der Waals surface area contributed by atoms with Crippen LogP contribution in [0.1, 0.15) is 45.8 Å². The van der Waals surface area contributed by atoms with Gasteiger partial charge in [-0.1, -0.05) is 60.7 Å². The van der Waals surface area contributed by atoms with Crippen LogP contribution < -0.4 is 4.90 Å². The first-order valence-electron chi connectivity index (χ1n) is 12.1. The molecule has 0 radical (unpaired) electrons. The summed E-state index contributed by atoms with van der Waals surface area (Å²) in [6.45, 7) is 5.12. The van der Waals surface area contributed by atoms with E-state index in [0.717, 1.165) is 11.3 Å². The average Bonchev–Trinajstić information content (AvgIpc) is 3.51. The van der Waals surface area contributed by atoms with Crippen LogP contribution in [0.3, 0.4) is 0 Å². The highest BCUT2D eigenvalue weighted by atomic mass is 32.2. The van der Waals surface area contributed by atoms with E-state index in [2.05, 4.69) is 0 Å². The van der Waals surface area contributed by atoms with Gasteiger partial charge in [-0.05, 0) is 36.3 Å². The highest BCUT2D eigenvalue weighted by molar-refractivity contribution is 8.05. The molecular weight excluding hydrogens is 488 g/mol. The summed E-state index contributed by atoms with van der Waals surface area (Å²) in [6.07, 6.45) is 1.38. The maximum Gasteiger partial charge on any atom is 0.341 e. The Morgan fingerprint density at radius 1 is 0.892 bits per heavy atom. The number of carbonyl (C=O) groups excluding carboxylic acids is 3. The lowest BCUT2D eigenvalue weighted by Crippen LogP contribution is -2.21. The van der Waals surface area contributed by atoms with Gasteiger partial charge in [-0.2, -0.15) is 0 Å². The van der Waals surface area contributed by atoms with E-state index in [9.17, 15) is 14.4 Å². The molecule has 0 N–H and O–H groups in total. The zero-order chi connectivity index (χ0) is 26.2. The van der Waals surface area contributed by atoms with E-state index >= 15 is 0 Å². The number of aromatic nitrogens is 1. The number of esters is 2. The van der Waals surface area contributed by atoms with Gasteiger partial charge in [-0.3, -0.25) is 4.79 Å². The summed E-state index contributed by atoms with van der Waals surface area (Å²) in [5, 5.41) is 3.58. The van der Waals surface area contributed by atoms with Crippen molar-refractivity contribution in [2.24, 2.45) is 0 Å². The Labute approximate surface area is 220 Å². The molecule has 0 atom stereocenters. The third-order valence-corrected chi connectivity index (χ3v) is 6.40. The first kappa shape index (κ1) is 26.0. The third kappa shape index (κ3) is 5.86. The Hall–Kier alpha value is -4.04. The van der Waals surface area contributed by atoms with Gasteiger partial charge in [0.2, 0.25) is 5.78 Å². The topological polar surface area (TPSA) is 77.8 Å². The van der Waals surface area contributed by atoms with E-state index in [0.29, 0.717) is 42.3 Å². The van der Waals surface area contributed by atoms with Crippen molar-refractivity contribution in [1.29, 1.82) is 0 Å². The summed E-state index contributed by atoms with van der Waals surface area (Å²) >= 11 is 1.33. The second-order valence-electron chi connectivity index (χ2n) is 8.05. The molecule has 2 heterocycles. The smallest absolute Gasteiger partial charge is 0.341 e. The third-order valence-electron chi connectivity index (χ3n) is 5.74. The van der Waals surface area contributed by atoms with E-state index in [1.165, 1.54) is 17.8 Å². The van der Waals surface area contributed by atoms with Gasteiger partial charge in [0.05, 0.1) is 24.6 Å². The zero-order valence-corrected chi connectivity index (χ0v) is 21.6. The summed E-state index contributed by atoms with van der Waals surface area (Å²) in [5.41, 5.74) is 3.09. The average molecular weight is 517 g/mol. The molecule has 0 saturated carbocycles. The highest BCUT2D eigenvalue weighted by Crippen LogP contribution is 2.38. The van der Waals surface area contributed by atoms with E-state index < -0.39 is 11.9 Å². The fourth-order valence-electron chi connectivity index (χ4n) is 4.17. The summed E-state index contributed by atoms with van der Waals surface area (Å²) < 4.78 is 12.2. The molecular formula is C29H28N2O5S. The van der Waals surface area contributed by atoms with E-state index in [1.807, 2.05) is 63.4 Å². The van der Waals surface area contributed by atoms with Gasteiger partial charge >= 0.3 is 11.9 Å². The fourth-order valence-corrected chi connectivity index (χ4v) is 4.83. The highest BCUT2D eigenvalue weighted by Gasteiger charge is 2.34. The van der Waals surface area contributed by atoms with Crippen LogP contribution in [-0.2, 0) is 20.8 Å². The molecule has 1 aromatic heterocycles. The van der Waals surface area contributed by atoms with Crippen molar-refractivity contribution in [3.8, 4) is 0 Å². The molecule has 7 nitrogen and oxygen atoms in total. The van der Waals surface area contributed by atoms with Gasteiger partial charge in [0.25, 0.3) is 0 Å². The number of rotatable bonds is 10. The molecule has 1 aliphatic rings. The van der Waals surface area contributed by atoms with Crippen LogP contribution in [0.2, 0.25) is 0 Å². The van der Waals surface area contributed by atoms with Gasteiger partial charge in [-0.25, -0.2) is 9.59 Å². The van der Waals surface area contributed by atoms with E-state index in [1.54, 1.807) is 37.5 Å². The zero-order valence-electron chi connectivity index (χ0n) is 20.8. The lowest BCUT2D eigenvalue weighted by atomic mass is 10.1. The van der Waals surface area contributed by atoms with Gasteiger partial charge in [0, 0.05) is 24.7 Å². The molecule has 1 aliphatic heterocycles. The maximum atomic E-state index is 13.4. The first-order valence-corrected chi connectivity index (χ1v) is 13.0. The van der Waals surface area contributed by atoms with Crippen molar-refractivity contribution in [3.05, 3.63) is 106 Å². The second-order valence-corrected chi connectivity index (χ2v) is 8.83. The number of anilines is 1. The molecule has 0 bridgehead atoms. The Morgan fingerprint density at radius 3 is 2.19 bits per heavy atom. The lowest BCUT2D eigenvalue weighted by Gasteiger charge is -2.23. The largest absolute Gasteiger partial charge is 0.463 e. The molecule has 3 aromatic rings. The molecule has 0 fully saturated rings. The number of ketones is 1. The molecule has 0 saturated heterocycles. The second kappa shape index (κ2) is 12.3. The summed E-state index contributed by atoms with van der Waals surface area (Å²) in [6, 6.07) is 20.4. The number of nitrogens with zero attached hydrogens (tertiary/aromatic N) is 2. The lowest BCUT2D eigenvalue weighted by molar-refractivity contribution is -0.137. The molecule has 0 unspecified atom stereocenters. The summed E-state index contributed by atoms with van der Waals surface area (Å²) in [7, 11) is 0. The number of ether oxygens (including phenoxy) is 2. The molecule has 0 amide bonds. The number of hydrogen-bond donors (Lipinski definition) is 0. The Bertz CT molecular complexity index is 1330. The first-order chi connectivity index (χ1) is 18.0. The van der Waals surface area contributed by atoms with Crippen molar-refractivity contribution in [3.63, 3.8) is 0 Å². The van der Waals surface area contributed by atoms with Crippen LogP contribution in [-0.4, -0.2) is 42.0 Å². The minimum absolute atomic E-state index is 0.156. The quantitative estimate of drug-likeness (QED) is 0.199. The number of hydrogen-bond acceptors (Lipinski definition) is 7. The Morgan fingerprint density at radius 2 is 1.54 bits per heavy atom. The van der Waals surface area contributed by atoms with Crippen LogP contribution >= 0.6 is 11.8 Å². The molecule has 0 aliphatic carbocycles. The van der Waals surface area contributed by atoms with Gasteiger partial charge in [-0.15, -0.1) is 11.8 Å². The number of thioether (sulfide) groups is 1. The number of benzene rings is 2. The molecule has 190 valence electrons. The van der Waals surface area contributed by atoms with Crippen LogP contribution in [0.4, 0.5) is 5.82 Å². The van der Waals surface area contributed by atoms with Crippen molar-refractivity contribution in [2.45, 2.75) is 20.4 Å². The van der Waals surface area contributed by atoms with Gasteiger partial charge in [0.1, 0.15) is 11.4 Å². The number of carbonyl (C=O) groups is 3. The number of fused-ring (bicyclic) bond motifs is 1. The SMILES string of the molecule is CCOC(=O)/C=C\S/C=C(/c1ccccc1)N1CCn2c(C(=O)c3ccccc3)cc(C(=O)OCC)c21. The van der Waals surface area contributed by atoms with Gasteiger partial charge < -0.3 is 18.9 Å². The van der Waals surface area contributed by atoms with Crippen LogP contribution in [0, 0.1) is 0 Å². The van der Waals surface area contributed by atoms with Gasteiger partial charge in [0.15, 0.2) is 0 Å². The standard InChI is InChI=1S/C29H28N2O5S/c1-3-35-26(32)15-18-37-20-25(21-11-7-5-8-12-21)31-17-16-30-24(27(33)22-13-9-6-10-14-22)19-23(28(30)31)29(34)36-4-2/h5-15,18-20H,3-4,16-17H2,1-2H3/b18-15-,25-20-. The normalized spacial score (nSPS) is 13.0. The molecule has 0 spiro atoms. The molecule has 4 rings (SSSR count).